The van der Waals surface area contributed by atoms with Crippen LogP contribution in [0.15, 0.2) is 22.7 Å². The number of hydrogen-bond acceptors (Lipinski definition) is 6. The van der Waals surface area contributed by atoms with Crippen molar-refractivity contribution in [3.63, 3.8) is 0 Å². The Bertz CT molecular complexity index is 956. The Labute approximate surface area is 179 Å². The topological polar surface area (TPSA) is 82.5 Å². The molecule has 0 saturated heterocycles. The van der Waals surface area contributed by atoms with Gasteiger partial charge in [0, 0.05) is 10.5 Å². The number of amides is 1. The molecule has 1 aromatic carbocycles. The van der Waals surface area contributed by atoms with Crippen LogP contribution in [0.5, 0.6) is 0 Å². The van der Waals surface area contributed by atoms with Gasteiger partial charge in [-0.05, 0) is 62.8 Å². The summed E-state index contributed by atoms with van der Waals surface area (Å²) in [4.78, 5) is 27.6. The number of benzene rings is 1. The molecule has 160 valence electrons. The normalized spacial score (nSPS) is 12.0. The van der Waals surface area contributed by atoms with E-state index in [0.29, 0.717) is 9.22 Å². The molecule has 0 unspecified atom stereocenters. The molecular formula is C20H28FN2O3S2Si-. The number of halogens is 1. The van der Waals surface area contributed by atoms with Crippen LogP contribution >= 0.6 is 11.3 Å². The number of carbonyl (C=O) groups is 1. The first-order valence-electron chi connectivity index (χ1n) is 9.38. The number of carbonyl (C=O) groups excluding carboxylic acids is 1. The number of rotatable bonds is 5. The van der Waals surface area contributed by atoms with Crippen molar-refractivity contribution in [2.24, 2.45) is 0 Å². The van der Waals surface area contributed by atoms with Crippen LogP contribution < -0.4 is 4.72 Å². The van der Waals surface area contributed by atoms with E-state index in [1.54, 1.807) is 20.0 Å². The smallest absolute Gasteiger partial charge is 0.205 e. The highest BCUT2D eigenvalue weighted by molar-refractivity contribution is 7.94. The molecule has 1 amide bonds. The highest BCUT2D eigenvalue weighted by atomic mass is 32.3. The molecule has 2 rings (SSSR count). The van der Waals surface area contributed by atoms with Crippen LogP contribution in [0.4, 0.5) is 4.39 Å². The van der Waals surface area contributed by atoms with Gasteiger partial charge < -0.3 is 24.5 Å². The van der Waals surface area contributed by atoms with Crippen molar-refractivity contribution in [1.82, 2.24) is 9.71 Å². The van der Waals surface area contributed by atoms with Gasteiger partial charge in [-0.2, -0.15) is 0 Å². The molecule has 5 nitrogen and oxygen atoms in total. The number of nitrogens with zero attached hydrogens (tertiary/aromatic N) is 1. The van der Waals surface area contributed by atoms with E-state index in [4.69, 9.17) is 0 Å². The Kier molecular flexibility index (Phi) is 8.03. The van der Waals surface area contributed by atoms with Gasteiger partial charge >= 0.3 is 0 Å². The van der Waals surface area contributed by atoms with Gasteiger partial charge in [0.15, 0.2) is 0 Å². The van der Waals surface area contributed by atoms with E-state index < -0.39 is 23.7 Å². The van der Waals surface area contributed by atoms with E-state index in [1.165, 1.54) is 23.5 Å². The standard InChI is InChI=1S/C20H28FN2O3S2Si/c1-11(2)14-7-13(21)8-15(12(3)4)16(14)9-18(24)23-28(29-26)19-22-10-17(27-19)20(5,6)25/h7-8,10-12,25-26H,9H2,1-6H3,(H,23,24)/q-1. The zero-order valence-corrected chi connectivity index (χ0v) is 20.2. The summed E-state index contributed by atoms with van der Waals surface area (Å²) in [6.45, 7) is 11.2. The average molecular weight is 456 g/mol. The molecule has 0 aliphatic carbocycles. The molecule has 0 aliphatic heterocycles. The Morgan fingerprint density at radius 3 is 2.24 bits per heavy atom. The van der Waals surface area contributed by atoms with Gasteiger partial charge in [-0.25, -0.2) is 4.39 Å². The third kappa shape index (κ3) is 6.11. The Morgan fingerprint density at radius 1 is 1.28 bits per heavy atom. The van der Waals surface area contributed by atoms with Crippen molar-refractivity contribution in [2.45, 2.75) is 69.7 Å². The third-order valence-corrected chi connectivity index (χ3v) is 9.24. The molecule has 1 aromatic heterocycles. The second-order valence-corrected chi connectivity index (χ2v) is 12.5. The van der Waals surface area contributed by atoms with E-state index in [2.05, 4.69) is 9.71 Å². The number of aromatic nitrogens is 1. The summed E-state index contributed by atoms with van der Waals surface area (Å²) >= 11 is 1.27. The van der Waals surface area contributed by atoms with E-state index in [0.717, 1.165) is 16.7 Å². The van der Waals surface area contributed by atoms with Crippen LogP contribution in [0.25, 0.3) is 0 Å². The SMILES string of the molecule is CC(C)c1cc(F)cc(C(C)C)c1CC(=O)N[S-](#[Si]O)c1ncc(C(C)(C)O)s1. The summed E-state index contributed by atoms with van der Waals surface area (Å²) < 4.78 is 17.5. The van der Waals surface area contributed by atoms with Gasteiger partial charge in [-0.3, -0.25) is 9.78 Å². The summed E-state index contributed by atoms with van der Waals surface area (Å²) in [5.74, 6) is -0.375. The van der Waals surface area contributed by atoms with Crippen LogP contribution in [0.1, 0.15) is 74.9 Å². The summed E-state index contributed by atoms with van der Waals surface area (Å²) in [5.41, 5.74) is 1.47. The molecule has 0 bridgehead atoms. The van der Waals surface area contributed by atoms with Crippen LogP contribution in [0, 0.1) is 5.82 Å². The van der Waals surface area contributed by atoms with Crippen molar-refractivity contribution in [2.75, 3.05) is 0 Å². The molecule has 3 N–H and O–H groups in total. The average Bonchev–Trinajstić information content (AvgIpc) is 3.10. The molecule has 2 aromatic rings. The maximum Gasteiger partial charge on any atom is 0.205 e. The molecule has 1 heterocycles. The lowest BCUT2D eigenvalue weighted by atomic mass is 9.87. The van der Waals surface area contributed by atoms with Gasteiger partial charge in [-0.1, -0.05) is 27.7 Å². The van der Waals surface area contributed by atoms with Crippen molar-refractivity contribution < 1.29 is 19.1 Å². The molecular weight excluding hydrogens is 427 g/mol. The summed E-state index contributed by atoms with van der Waals surface area (Å²) in [6.07, 6.45) is 1.68. The van der Waals surface area contributed by atoms with Crippen molar-refractivity contribution in [1.29, 1.82) is 0 Å². The predicted molar refractivity (Wildman–Crippen MR) is 117 cm³/mol. The van der Waals surface area contributed by atoms with Crippen LogP contribution in [-0.2, 0) is 26.7 Å². The second-order valence-electron chi connectivity index (χ2n) is 8.02. The quantitative estimate of drug-likeness (QED) is 0.476. The Hall–Kier alpha value is -1.26. The maximum absolute atomic E-state index is 14.1. The molecule has 0 spiro atoms. The lowest BCUT2D eigenvalue weighted by Gasteiger charge is -2.23. The van der Waals surface area contributed by atoms with Crippen LogP contribution in [-0.4, -0.2) is 29.1 Å². The summed E-state index contributed by atoms with van der Waals surface area (Å²) in [5, 5.41) is 10.1. The van der Waals surface area contributed by atoms with Gasteiger partial charge in [0.05, 0.1) is 16.9 Å². The van der Waals surface area contributed by atoms with E-state index in [1.807, 2.05) is 27.7 Å². The molecule has 0 aliphatic rings. The first kappa shape index (κ1) is 24.0. The van der Waals surface area contributed by atoms with E-state index >= 15 is 0 Å². The van der Waals surface area contributed by atoms with Gasteiger partial charge in [0.2, 0.25) is 5.91 Å². The lowest BCUT2D eigenvalue weighted by molar-refractivity contribution is -0.118. The fraction of sp³-hybridized carbons (Fsp3) is 0.500. The minimum Gasteiger partial charge on any atom is -0.444 e. The number of thiazole rings is 1. The first-order chi connectivity index (χ1) is 13.4. The molecule has 0 radical (unpaired) electrons. The molecule has 0 fully saturated rings. The van der Waals surface area contributed by atoms with Gasteiger partial charge in [-0.15, -0.1) is 11.3 Å². The predicted octanol–water partition coefficient (Wildman–Crippen LogP) is 3.53. The monoisotopic (exact) mass is 455 g/mol. The van der Waals surface area contributed by atoms with E-state index in [-0.39, 0.29) is 30.0 Å². The summed E-state index contributed by atoms with van der Waals surface area (Å²) in [6, 6.07) is 3.01. The van der Waals surface area contributed by atoms with Crippen LogP contribution in [0.2, 0.25) is 0 Å². The fourth-order valence-corrected chi connectivity index (χ4v) is 6.59. The number of hydrogen-bond donors (Lipinski definition) is 3. The van der Waals surface area contributed by atoms with Crippen LogP contribution in [0.3, 0.4) is 0 Å². The lowest BCUT2D eigenvalue weighted by Crippen LogP contribution is -2.28. The van der Waals surface area contributed by atoms with Crippen molar-refractivity contribution in [3.8, 4) is 0 Å². The minimum absolute atomic E-state index is 0.0808. The number of nitrogens with one attached hydrogen (secondary N) is 1. The minimum atomic E-state index is -1.03. The number of aliphatic hydroxyl groups is 1. The molecule has 29 heavy (non-hydrogen) atoms. The van der Waals surface area contributed by atoms with Crippen molar-refractivity contribution in [3.05, 3.63) is 45.7 Å². The Morgan fingerprint density at radius 2 is 1.83 bits per heavy atom. The first-order valence-corrected chi connectivity index (χ1v) is 13.1. The molecule has 0 atom stereocenters. The van der Waals surface area contributed by atoms with Gasteiger partial charge in [0.1, 0.15) is 5.82 Å². The second kappa shape index (κ2) is 9.70. The largest absolute Gasteiger partial charge is 0.444 e. The zero-order chi connectivity index (χ0) is 21.9. The van der Waals surface area contributed by atoms with Gasteiger partial charge in [0.25, 0.3) is 0 Å². The van der Waals surface area contributed by atoms with Crippen molar-refractivity contribution >= 4 is 35.4 Å². The fourth-order valence-electron chi connectivity index (χ4n) is 2.97. The van der Waals surface area contributed by atoms with E-state index in [9.17, 15) is 19.1 Å². The highest BCUT2D eigenvalue weighted by Gasteiger charge is 2.19. The molecule has 0 saturated carbocycles. The third-order valence-electron chi connectivity index (χ3n) is 4.43. The maximum atomic E-state index is 14.1. The zero-order valence-electron chi connectivity index (χ0n) is 17.5. The summed E-state index contributed by atoms with van der Waals surface area (Å²) in [7, 11) is -1.48. The highest BCUT2D eigenvalue weighted by Crippen LogP contribution is 2.30. The Balaban J connectivity index is 2.30. The molecule has 9 heteroatoms.